The average Bonchev–Trinajstić information content (AvgIpc) is 3.18. The molecule has 31 heavy (non-hydrogen) atoms. The van der Waals surface area contributed by atoms with E-state index in [1.54, 1.807) is 30.3 Å². The maximum absolute atomic E-state index is 12.7. The molecule has 1 atom stereocenters. The summed E-state index contributed by atoms with van der Waals surface area (Å²) in [6, 6.07) is 15.4. The third kappa shape index (κ3) is 5.29. The minimum Gasteiger partial charge on any atom is -0.342 e. The first-order valence-corrected chi connectivity index (χ1v) is 11.0. The average molecular weight is 440 g/mol. The highest BCUT2D eigenvalue weighted by Gasteiger charge is 2.26. The van der Waals surface area contributed by atoms with Gasteiger partial charge in [-0.2, -0.15) is 0 Å². The molecule has 0 spiro atoms. The lowest BCUT2D eigenvalue weighted by molar-refractivity contribution is -0.385. The number of para-hydroxylation sites is 1. The SMILES string of the molecule is CCn1c(SCc2ccccc2[N+](=O)[O-])nnc1C(NC(=O)c1ccccc1)C(C)C. The van der Waals surface area contributed by atoms with Gasteiger partial charge in [0, 0.05) is 29.5 Å². The van der Waals surface area contributed by atoms with Gasteiger partial charge >= 0.3 is 0 Å². The van der Waals surface area contributed by atoms with Gasteiger partial charge in [-0.05, 0) is 25.0 Å². The highest BCUT2D eigenvalue weighted by molar-refractivity contribution is 7.98. The number of nitrogens with zero attached hydrogens (tertiary/aromatic N) is 4. The molecule has 0 saturated carbocycles. The van der Waals surface area contributed by atoms with Crippen molar-refractivity contribution in [2.75, 3.05) is 0 Å². The number of nitrogens with one attached hydrogen (secondary N) is 1. The van der Waals surface area contributed by atoms with Crippen LogP contribution in [0.2, 0.25) is 0 Å². The summed E-state index contributed by atoms with van der Waals surface area (Å²) in [6.45, 7) is 6.64. The van der Waals surface area contributed by atoms with Crippen molar-refractivity contribution in [3.63, 3.8) is 0 Å². The molecule has 0 saturated heterocycles. The smallest absolute Gasteiger partial charge is 0.273 e. The molecule has 3 aromatic rings. The lowest BCUT2D eigenvalue weighted by Crippen LogP contribution is -2.33. The largest absolute Gasteiger partial charge is 0.342 e. The topological polar surface area (TPSA) is 103 Å². The van der Waals surface area contributed by atoms with Crippen LogP contribution < -0.4 is 5.32 Å². The molecule has 1 unspecified atom stereocenters. The fourth-order valence-corrected chi connectivity index (χ4v) is 4.24. The third-order valence-electron chi connectivity index (χ3n) is 4.87. The van der Waals surface area contributed by atoms with Gasteiger partial charge in [-0.1, -0.05) is 62.0 Å². The van der Waals surface area contributed by atoms with Crippen LogP contribution in [-0.4, -0.2) is 25.6 Å². The Bertz CT molecular complexity index is 1050. The normalized spacial score (nSPS) is 12.0. The lowest BCUT2D eigenvalue weighted by Gasteiger charge is -2.22. The first-order chi connectivity index (χ1) is 14.9. The zero-order valence-electron chi connectivity index (χ0n) is 17.7. The van der Waals surface area contributed by atoms with E-state index < -0.39 is 0 Å². The van der Waals surface area contributed by atoms with Gasteiger partial charge < -0.3 is 9.88 Å². The number of amides is 1. The maximum Gasteiger partial charge on any atom is 0.273 e. The predicted molar refractivity (Wildman–Crippen MR) is 120 cm³/mol. The fraction of sp³-hybridized carbons (Fsp3) is 0.318. The van der Waals surface area contributed by atoms with Gasteiger partial charge in [0.25, 0.3) is 11.6 Å². The van der Waals surface area contributed by atoms with E-state index >= 15 is 0 Å². The van der Waals surface area contributed by atoms with Crippen molar-refractivity contribution in [3.05, 3.63) is 81.7 Å². The van der Waals surface area contributed by atoms with Crippen LogP contribution >= 0.6 is 11.8 Å². The molecular weight excluding hydrogens is 414 g/mol. The predicted octanol–water partition coefficient (Wildman–Crippen LogP) is 4.63. The number of aromatic nitrogens is 3. The first kappa shape index (κ1) is 22.5. The molecule has 0 bridgehead atoms. The second-order valence-corrected chi connectivity index (χ2v) is 8.26. The molecule has 8 nitrogen and oxygen atoms in total. The summed E-state index contributed by atoms with van der Waals surface area (Å²) in [5, 5.41) is 23.7. The Kier molecular flexibility index (Phi) is 7.41. The number of thioether (sulfide) groups is 1. The molecule has 0 aliphatic heterocycles. The number of hydrogen-bond acceptors (Lipinski definition) is 6. The maximum atomic E-state index is 12.7. The van der Waals surface area contributed by atoms with Gasteiger partial charge in [-0.25, -0.2) is 0 Å². The number of rotatable bonds is 9. The van der Waals surface area contributed by atoms with Crippen molar-refractivity contribution >= 4 is 23.4 Å². The van der Waals surface area contributed by atoms with E-state index in [4.69, 9.17) is 0 Å². The fourth-order valence-electron chi connectivity index (χ4n) is 3.23. The van der Waals surface area contributed by atoms with Gasteiger partial charge in [0.15, 0.2) is 11.0 Å². The standard InChI is InChI=1S/C22H25N5O3S/c1-4-26-20(19(15(2)3)23-21(28)16-10-6-5-7-11-16)24-25-22(26)31-14-17-12-8-9-13-18(17)27(29)30/h5-13,15,19H,4,14H2,1-3H3,(H,23,28). The Hall–Kier alpha value is -3.20. The van der Waals surface area contributed by atoms with Gasteiger partial charge in [0.2, 0.25) is 0 Å². The van der Waals surface area contributed by atoms with Gasteiger partial charge in [0.05, 0.1) is 11.0 Å². The monoisotopic (exact) mass is 439 g/mol. The Morgan fingerprint density at radius 1 is 1.13 bits per heavy atom. The number of nitro groups is 1. The molecule has 3 rings (SSSR count). The van der Waals surface area contributed by atoms with Crippen LogP contribution in [0, 0.1) is 16.0 Å². The van der Waals surface area contributed by atoms with E-state index in [0.717, 1.165) is 0 Å². The second-order valence-electron chi connectivity index (χ2n) is 7.32. The lowest BCUT2D eigenvalue weighted by atomic mass is 10.0. The summed E-state index contributed by atoms with van der Waals surface area (Å²) in [4.78, 5) is 23.6. The number of nitro benzene ring substituents is 1. The van der Waals surface area contributed by atoms with Crippen LogP contribution in [0.5, 0.6) is 0 Å². The van der Waals surface area contributed by atoms with Crippen LogP contribution in [0.25, 0.3) is 0 Å². The van der Waals surface area contributed by atoms with Crippen LogP contribution in [0.3, 0.4) is 0 Å². The summed E-state index contributed by atoms with van der Waals surface area (Å²) < 4.78 is 1.95. The Morgan fingerprint density at radius 2 is 1.81 bits per heavy atom. The van der Waals surface area contributed by atoms with Crippen molar-refractivity contribution in [1.82, 2.24) is 20.1 Å². The highest BCUT2D eigenvalue weighted by Crippen LogP contribution is 2.29. The van der Waals surface area contributed by atoms with Crippen LogP contribution in [0.1, 0.15) is 48.6 Å². The van der Waals surface area contributed by atoms with E-state index in [-0.39, 0.29) is 28.5 Å². The third-order valence-corrected chi connectivity index (χ3v) is 5.89. The molecule has 0 radical (unpaired) electrons. The minimum atomic E-state index is -0.375. The van der Waals surface area contributed by atoms with Crippen molar-refractivity contribution in [1.29, 1.82) is 0 Å². The molecule has 1 N–H and O–H groups in total. The number of hydrogen-bond donors (Lipinski definition) is 1. The van der Waals surface area contributed by atoms with Crippen molar-refractivity contribution in [3.8, 4) is 0 Å². The Labute approximate surface area is 185 Å². The summed E-state index contributed by atoms with van der Waals surface area (Å²) in [7, 11) is 0. The van der Waals surface area contributed by atoms with Crippen LogP contribution in [0.4, 0.5) is 5.69 Å². The van der Waals surface area contributed by atoms with E-state index in [1.165, 1.54) is 17.8 Å². The summed E-state index contributed by atoms with van der Waals surface area (Å²) >= 11 is 1.39. The number of benzene rings is 2. The summed E-state index contributed by atoms with van der Waals surface area (Å²) in [5.41, 5.74) is 1.30. The molecule has 1 aromatic heterocycles. The second kappa shape index (κ2) is 10.2. The molecule has 1 heterocycles. The molecule has 9 heteroatoms. The molecular formula is C22H25N5O3S. The molecule has 2 aromatic carbocycles. The minimum absolute atomic E-state index is 0.0907. The zero-order valence-corrected chi connectivity index (χ0v) is 18.5. The van der Waals surface area contributed by atoms with Gasteiger partial charge in [0.1, 0.15) is 0 Å². The van der Waals surface area contributed by atoms with Gasteiger partial charge in [-0.3, -0.25) is 14.9 Å². The highest BCUT2D eigenvalue weighted by atomic mass is 32.2. The molecule has 1 amide bonds. The Morgan fingerprint density at radius 3 is 2.45 bits per heavy atom. The first-order valence-electron chi connectivity index (χ1n) is 10.1. The molecule has 0 aliphatic carbocycles. The van der Waals surface area contributed by atoms with E-state index in [1.807, 2.05) is 43.5 Å². The molecule has 0 aliphatic rings. The van der Waals surface area contributed by atoms with Crippen LogP contribution in [-0.2, 0) is 12.3 Å². The van der Waals surface area contributed by atoms with Gasteiger partial charge in [-0.15, -0.1) is 10.2 Å². The van der Waals surface area contributed by atoms with Crippen molar-refractivity contribution in [2.24, 2.45) is 5.92 Å². The van der Waals surface area contributed by atoms with E-state index in [2.05, 4.69) is 15.5 Å². The number of carbonyl (C=O) groups is 1. The van der Waals surface area contributed by atoms with Crippen molar-refractivity contribution in [2.45, 2.75) is 44.3 Å². The number of carbonyl (C=O) groups excluding carboxylic acids is 1. The summed E-state index contributed by atoms with van der Waals surface area (Å²) in [5.74, 6) is 0.999. The quantitative estimate of drug-likeness (QED) is 0.296. The summed E-state index contributed by atoms with van der Waals surface area (Å²) in [6.07, 6.45) is 0. The molecule has 162 valence electrons. The zero-order chi connectivity index (χ0) is 22.4. The van der Waals surface area contributed by atoms with Crippen molar-refractivity contribution < 1.29 is 9.72 Å². The Balaban J connectivity index is 1.82. The molecule has 0 fully saturated rings. The van der Waals surface area contributed by atoms with E-state index in [0.29, 0.717) is 34.4 Å². The van der Waals surface area contributed by atoms with Crippen LogP contribution in [0.15, 0.2) is 59.8 Å². The van der Waals surface area contributed by atoms with E-state index in [9.17, 15) is 14.9 Å².